The number of hydrogen-bond acceptors (Lipinski definition) is 4. The largest absolute Gasteiger partial charge is 0.466 e. The van der Waals surface area contributed by atoms with Gasteiger partial charge in [0.25, 0.3) is 0 Å². The third kappa shape index (κ3) is 3.62. The molecule has 0 radical (unpaired) electrons. The van der Waals surface area contributed by atoms with Crippen molar-refractivity contribution < 1.29 is 23.4 Å². The maximum Gasteiger partial charge on any atom is 0.313 e. The Morgan fingerprint density at radius 3 is 2.91 bits per heavy atom. The molecular weight excluding hydrogens is 292 g/mol. The van der Waals surface area contributed by atoms with Gasteiger partial charge in [0.2, 0.25) is 0 Å². The highest BCUT2D eigenvalue weighted by atomic mass is 19.1. The van der Waals surface area contributed by atoms with Gasteiger partial charge in [-0.3, -0.25) is 9.69 Å². The summed E-state index contributed by atoms with van der Waals surface area (Å²) in [6, 6.07) is 3.01. The number of halogens is 2. The molecule has 22 heavy (non-hydrogen) atoms. The number of aliphatic hydroxyl groups excluding tert-OH is 1. The van der Waals surface area contributed by atoms with Gasteiger partial charge in [-0.1, -0.05) is 0 Å². The zero-order valence-corrected chi connectivity index (χ0v) is 12.8. The minimum Gasteiger partial charge on any atom is -0.466 e. The number of nitrogens with zero attached hydrogens (tertiary/aromatic N) is 1. The summed E-state index contributed by atoms with van der Waals surface area (Å²) < 4.78 is 31.9. The summed E-state index contributed by atoms with van der Waals surface area (Å²) in [5.41, 5.74) is -0.680. The molecule has 1 saturated heterocycles. The monoisotopic (exact) mass is 313 g/mol. The molecule has 1 aromatic carbocycles. The van der Waals surface area contributed by atoms with Crippen LogP contribution in [0.5, 0.6) is 0 Å². The summed E-state index contributed by atoms with van der Waals surface area (Å²) in [6.07, 6.45) is -0.523. The van der Waals surface area contributed by atoms with Crippen LogP contribution in [0.15, 0.2) is 18.2 Å². The molecule has 1 aliphatic rings. The van der Waals surface area contributed by atoms with E-state index < -0.39 is 23.2 Å². The van der Waals surface area contributed by atoms with Gasteiger partial charge in [0.1, 0.15) is 11.6 Å². The number of rotatable bonds is 5. The first-order chi connectivity index (χ1) is 10.4. The second kappa shape index (κ2) is 6.71. The van der Waals surface area contributed by atoms with Crippen molar-refractivity contribution in [2.24, 2.45) is 5.41 Å². The summed E-state index contributed by atoms with van der Waals surface area (Å²) >= 11 is 0. The second-order valence-corrected chi connectivity index (χ2v) is 5.95. The molecule has 6 heteroatoms. The molecule has 1 aromatic rings. The minimum absolute atomic E-state index is 0.0651. The molecule has 0 amide bonds. The molecule has 0 spiro atoms. The number of benzene rings is 1. The smallest absolute Gasteiger partial charge is 0.313 e. The van der Waals surface area contributed by atoms with E-state index in [1.54, 1.807) is 6.92 Å². The van der Waals surface area contributed by atoms with Crippen LogP contribution in [0.4, 0.5) is 8.78 Å². The SMILES string of the molecule is CCOC(=O)C1(C)CCN(CC(O)c2cc(F)ccc2F)C1. The zero-order chi connectivity index (χ0) is 16.3. The summed E-state index contributed by atoms with van der Waals surface area (Å²) in [4.78, 5) is 13.8. The number of carbonyl (C=O) groups excluding carboxylic acids is 1. The molecule has 1 heterocycles. The number of β-amino-alcohol motifs (C(OH)–C–C–N with tert-alkyl or cyclic N) is 1. The lowest BCUT2D eigenvalue weighted by molar-refractivity contribution is -0.153. The standard InChI is InChI=1S/C16H21F2NO3/c1-3-22-15(21)16(2)6-7-19(10-16)9-14(20)12-8-11(17)4-5-13(12)18/h4-5,8,14,20H,3,6-7,9-10H2,1-2H3. The number of hydrogen-bond donors (Lipinski definition) is 1. The molecular formula is C16H21F2NO3. The van der Waals surface area contributed by atoms with E-state index in [4.69, 9.17) is 4.74 Å². The van der Waals surface area contributed by atoms with Gasteiger partial charge >= 0.3 is 5.97 Å². The first kappa shape index (κ1) is 16.8. The van der Waals surface area contributed by atoms with E-state index in [2.05, 4.69) is 0 Å². The van der Waals surface area contributed by atoms with E-state index in [1.165, 1.54) is 0 Å². The Hall–Kier alpha value is -1.53. The first-order valence-electron chi connectivity index (χ1n) is 7.38. The molecule has 0 saturated carbocycles. The van der Waals surface area contributed by atoms with Crippen molar-refractivity contribution in [1.82, 2.24) is 4.90 Å². The van der Waals surface area contributed by atoms with Crippen molar-refractivity contribution in [3.05, 3.63) is 35.4 Å². The van der Waals surface area contributed by atoms with Crippen LogP contribution in [0.25, 0.3) is 0 Å². The van der Waals surface area contributed by atoms with E-state index >= 15 is 0 Å². The predicted molar refractivity (Wildman–Crippen MR) is 77.1 cm³/mol. The Balaban J connectivity index is 2.00. The van der Waals surface area contributed by atoms with Crippen LogP contribution in [0.3, 0.4) is 0 Å². The normalized spacial score (nSPS) is 23.5. The fourth-order valence-corrected chi connectivity index (χ4v) is 2.80. The van der Waals surface area contributed by atoms with Crippen LogP contribution < -0.4 is 0 Å². The van der Waals surface area contributed by atoms with Gasteiger partial charge in [-0.15, -0.1) is 0 Å². The molecule has 2 unspecified atom stereocenters. The average Bonchev–Trinajstić information content (AvgIpc) is 2.84. The van der Waals surface area contributed by atoms with Gasteiger partial charge in [-0.25, -0.2) is 8.78 Å². The fraction of sp³-hybridized carbons (Fsp3) is 0.562. The van der Waals surface area contributed by atoms with Gasteiger partial charge in [-0.2, -0.15) is 0 Å². The summed E-state index contributed by atoms with van der Waals surface area (Å²) in [6.45, 7) is 5.08. The number of carbonyl (C=O) groups is 1. The van der Waals surface area contributed by atoms with Crippen molar-refractivity contribution in [2.75, 3.05) is 26.2 Å². The number of esters is 1. The maximum atomic E-state index is 13.7. The molecule has 1 fully saturated rings. The summed E-state index contributed by atoms with van der Waals surface area (Å²) in [5, 5.41) is 10.1. The van der Waals surface area contributed by atoms with Crippen LogP contribution in [0.1, 0.15) is 31.9 Å². The minimum atomic E-state index is -1.14. The van der Waals surface area contributed by atoms with Crippen LogP contribution in [0, 0.1) is 17.0 Å². The highest BCUT2D eigenvalue weighted by molar-refractivity contribution is 5.77. The van der Waals surface area contributed by atoms with Crippen LogP contribution in [-0.2, 0) is 9.53 Å². The molecule has 1 aliphatic heterocycles. The number of ether oxygens (including phenoxy) is 1. The van der Waals surface area contributed by atoms with Crippen LogP contribution in [0.2, 0.25) is 0 Å². The molecule has 2 rings (SSSR count). The van der Waals surface area contributed by atoms with E-state index in [0.717, 1.165) is 18.2 Å². The lowest BCUT2D eigenvalue weighted by atomic mass is 9.90. The summed E-state index contributed by atoms with van der Waals surface area (Å²) in [5.74, 6) is -1.49. The van der Waals surface area contributed by atoms with Crippen molar-refractivity contribution in [3.63, 3.8) is 0 Å². The third-order valence-corrected chi connectivity index (χ3v) is 4.07. The highest BCUT2D eigenvalue weighted by Gasteiger charge is 2.42. The van der Waals surface area contributed by atoms with Gasteiger partial charge < -0.3 is 9.84 Å². The Morgan fingerprint density at radius 1 is 1.50 bits per heavy atom. The highest BCUT2D eigenvalue weighted by Crippen LogP contribution is 2.32. The topological polar surface area (TPSA) is 49.8 Å². The Labute approximate surface area is 128 Å². The molecule has 0 bridgehead atoms. The first-order valence-corrected chi connectivity index (χ1v) is 7.38. The third-order valence-electron chi connectivity index (χ3n) is 4.07. The number of aliphatic hydroxyl groups is 1. The Morgan fingerprint density at radius 2 is 2.23 bits per heavy atom. The van der Waals surface area contributed by atoms with Crippen molar-refractivity contribution in [3.8, 4) is 0 Å². The van der Waals surface area contributed by atoms with Crippen molar-refractivity contribution in [2.45, 2.75) is 26.4 Å². The Bertz CT molecular complexity index is 552. The van der Waals surface area contributed by atoms with Gasteiger partial charge in [-0.05, 0) is 45.0 Å². The van der Waals surface area contributed by atoms with Gasteiger partial charge in [0.05, 0.1) is 18.1 Å². The quantitative estimate of drug-likeness (QED) is 0.847. The van der Waals surface area contributed by atoms with Gasteiger partial charge in [0, 0.05) is 18.7 Å². The van der Waals surface area contributed by atoms with E-state index in [-0.39, 0.29) is 18.1 Å². The molecule has 122 valence electrons. The zero-order valence-electron chi connectivity index (χ0n) is 12.8. The van der Waals surface area contributed by atoms with Crippen LogP contribution in [-0.4, -0.2) is 42.2 Å². The van der Waals surface area contributed by atoms with E-state index in [0.29, 0.717) is 26.1 Å². The number of likely N-dealkylation sites (tertiary alicyclic amines) is 1. The molecule has 0 aromatic heterocycles. The average molecular weight is 313 g/mol. The van der Waals surface area contributed by atoms with Crippen molar-refractivity contribution >= 4 is 5.97 Å². The predicted octanol–water partition coefficient (Wildman–Crippen LogP) is 2.27. The van der Waals surface area contributed by atoms with Gasteiger partial charge in [0.15, 0.2) is 0 Å². The lowest BCUT2D eigenvalue weighted by Gasteiger charge is -2.24. The van der Waals surface area contributed by atoms with E-state index in [1.807, 2.05) is 11.8 Å². The molecule has 1 N–H and O–H groups in total. The summed E-state index contributed by atoms with van der Waals surface area (Å²) in [7, 11) is 0. The van der Waals surface area contributed by atoms with E-state index in [9.17, 15) is 18.7 Å². The fourth-order valence-electron chi connectivity index (χ4n) is 2.80. The second-order valence-electron chi connectivity index (χ2n) is 5.95. The Kier molecular flexibility index (Phi) is 5.13. The maximum absolute atomic E-state index is 13.7. The molecule has 4 nitrogen and oxygen atoms in total. The lowest BCUT2D eigenvalue weighted by Crippen LogP contribution is -2.35. The van der Waals surface area contributed by atoms with Crippen molar-refractivity contribution in [1.29, 1.82) is 0 Å². The van der Waals surface area contributed by atoms with Crippen LogP contribution >= 0.6 is 0 Å². The molecule has 0 aliphatic carbocycles. The molecule has 2 atom stereocenters.